The Morgan fingerprint density at radius 2 is 1.96 bits per heavy atom. The molecular formula is C20H18FN3O2S. The van der Waals surface area contributed by atoms with Crippen molar-refractivity contribution >= 4 is 23.5 Å². The van der Waals surface area contributed by atoms with Gasteiger partial charge in [-0.3, -0.25) is 4.79 Å². The summed E-state index contributed by atoms with van der Waals surface area (Å²) in [5, 5.41) is 7.49. The number of nitrogens with zero attached hydrogens (tertiary/aromatic N) is 2. The number of methoxy groups -OCH3 is 1. The first kappa shape index (κ1) is 17.6. The molecule has 1 aliphatic heterocycles. The monoisotopic (exact) mass is 383 g/mol. The molecule has 2 aromatic carbocycles. The molecule has 138 valence electrons. The molecule has 1 aromatic heterocycles. The number of carbonyl (C=O) groups excluding carboxylic acids is 1. The van der Waals surface area contributed by atoms with Crippen molar-refractivity contribution in [1.82, 2.24) is 9.78 Å². The Kier molecular flexibility index (Phi) is 4.61. The zero-order valence-corrected chi connectivity index (χ0v) is 15.7. The third-order valence-electron chi connectivity index (χ3n) is 4.50. The van der Waals surface area contributed by atoms with Gasteiger partial charge in [0.25, 0.3) is 0 Å². The molecule has 0 unspecified atom stereocenters. The van der Waals surface area contributed by atoms with E-state index < -0.39 is 0 Å². The standard InChI is InChI=1S/C20H18FN3O2S/c1-12-18-19(15-5-3-4-6-16(15)26-2)27-11-17(25)22-20(18)24(23-12)14-9-7-13(21)8-10-14/h3-10,19H,11H2,1-2H3,(H,22,25)/t19-/m0/s1. The Hall–Kier alpha value is -2.80. The number of hydrogen-bond acceptors (Lipinski definition) is 4. The topological polar surface area (TPSA) is 56.1 Å². The zero-order valence-electron chi connectivity index (χ0n) is 14.9. The molecule has 0 bridgehead atoms. The van der Waals surface area contributed by atoms with Crippen LogP contribution in [0, 0.1) is 12.7 Å². The predicted molar refractivity (Wildman–Crippen MR) is 104 cm³/mol. The number of carbonyl (C=O) groups is 1. The van der Waals surface area contributed by atoms with Gasteiger partial charge in [0, 0.05) is 11.1 Å². The first-order chi connectivity index (χ1) is 13.1. The molecule has 1 atom stereocenters. The Morgan fingerprint density at radius 1 is 1.22 bits per heavy atom. The summed E-state index contributed by atoms with van der Waals surface area (Å²) in [5.74, 6) is 1.29. The summed E-state index contributed by atoms with van der Waals surface area (Å²) in [7, 11) is 1.64. The first-order valence-corrected chi connectivity index (χ1v) is 9.53. The van der Waals surface area contributed by atoms with Gasteiger partial charge in [-0.15, -0.1) is 11.8 Å². The number of amides is 1. The second-order valence-corrected chi connectivity index (χ2v) is 7.31. The van der Waals surface area contributed by atoms with Gasteiger partial charge in [0.05, 0.1) is 29.5 Å². The lowest BCUT2D eigenvalue weighted by atomic mass is 10.0. The van der Waals surface area contributed by atoms with E-state index in [0.29, 0.717) is 17.3 Å². The minimum absolute atomic E-state index is 0.0955. The minimum Gasteiger partial charge on any atom is -0.496 e. The van der Waals surface area contributed by atoms with E-state index in [1.165, 1.54) is 23.9 Å². The third kappa shape index (κ3) is 3.19. The summed E-state index contributed by atoms with van der Waals surface area (Å²) in [4.78, 5) is 12.4. The molecule has 0 saturated carbocycles. The number of thioether (sulfide) groups is 1. The Balaban J connectivity index is 1.90. The van der Waals surface area contributed by atoms with Crippen LogP contribution in [-0.2, 0) is 4.79 Å². The molecule has 27 heavy (non-hydrogen) atoms. The summed E-state index contributed by atoms with van der Waals surface area (Å²) in [6, 6.07) is 13.8. The van der Waals surface area contributed by atoms with Crippen LogP contribution in [0.15, 0.2) is 48.5 Å². The largest absolute Gasteiger partial charge is 0.496 e. The molecule has 3 aromatic rings. The van der Waals surface area contributed by atoms with Crippen LogP contribution >= 0.6 is 11.8 Å². The Labute approximate surface area is 160 Å². The highest BCUT2D eigenvalue weighted by atomic mass is 32.2. The van der Waals surface area contributed by atoms with Gasteiger partial charge in [0.2, 0.25) is 5.91 Å². The summed E-state index contributed by atoms with van der Waals surface area (Å²) >= 11 is 1.54. The highest BCUT2D eigenvalue weighted by Gasteiger charge is 2.32. The van der Waals surface area contributed by atoms with E-state index in [9.17, 15) is 9.18 Å². The van der Waals surface area contributed by atoms with Gasteiger partial charge in [-0.1, -0.05) is 18.2 Å². The molecule has 4 rings (SSSR count). The normalized spacial score (nSPS) is 16.4. The number of benzene rings is 2. The van der Waals surface area contributed by atoms with Gasteiger partial charge >= 0.3 is 0 Å². The number of aryl methyl sites for hydroxylation is 1. The van der Waals surface area contributed by atoms with Gasteiger partial charge in [-0.05, 0) is 37.3 Å². The summed E-state index contributed by atoms with van der Waals surface area (Å²) in [6.07, 6.45) is 0. The van der Waals surface area contributed by atoms with Crippen LogP contribution in [0.2, 0.25) is 0 Å². The maximum absolute atomic E-state index is 13.3. The summed E-state index contributed by atoms with van der Waals surface area (Å²) < 4.78 is 20.5. The molecular weight excluding hydrogens is 365 g/mol. The fourth-order valence-electron chi connectivity index (χ4n) is 3.28. The molecule has 1 N–H and O–H groups in total. The molecule has 2 heterocycles. The lowest BCUT2D eigenvalue weighted by Gasteiger charge is -2.18. The highest BCUT2D eigenvalue weighted by Crippen LogP contribution is 2.46. The molecule has 0 saturated heterocycles. The van der Waals surface area contributed by atoms with Crippen molar-refractivity contribution in [2.45, 2.75) is 12.2 Å². The number of ether oxygens (including phenoxy) is 1. The second kappa shape index (κ2) is 7.08. The van der Waals surface area contributed by atoms with E-state index in [1.54, 1.807) is 23.9 Å². The smallest absolute Gasteiger partial charge is 0.235 e. The first-order valence-electron chi connectivity index (χ1n) is 8.48. The number of para-hydroxylation sites is 1. The van der Waals surface area contributed by atoms with Crippen LogP contribution < -0.4 is 10.1 Å². The molecule has 5 nitrogen and oxygen atoms in total. The average Bonchev–Trinajstić information content (AvgIpc) is 2.88. The summed E-state index contributed by atoms with van der Waals surface area (Å²) in [6.45, 7) is 1.92. The fourth-order valence-corrected chi connectivity index (χ4v) is 4.49. The summed E-state index contributed by atoms with van der Waals surface area (Å²) in [5.41, 5.74) is 3.41. The molecule has 1 aliphatic rings. The number of anilines is 1. The fraction of sp³-hybridized carbons (Fsp3) is 0.200. The van der Waals surface area contributed by atoms with Gasteiger partial charge < -0.3 is 10.1 Å². The highest BCUT2D eigenvalue weighted by molar-refractivity contribution is 8.00. The van der Waals surface area contributed by atoms with Crippen LogP contribution in [0.25, 0.3) is 5.69 Å². The van der Waals surface area contributed by atoms with Gasteiger partial charge in [-0.2, -0.15) is 5.10 Å². The predicted octanol–water partition coefficient (Wildman–Crippen LogP) is 4.10. The van der Waals surface area contributed by atoms with Crippen LogP contribution in [0.4, 0.5) is 10.2 Å². The van der Waals surface area contributed by atoms with Crippen molar-refractivity contribution in [2.24, 2.45) is 0 Å². The van der Waals surface area contributed by atoms with Crippen LogP contribution in [0.5, 0.6) is 5.75 Å². The number of rotatable bonds is 3. The van der Waals surface area contributed by atoms with E-state index in [1.807, 2.05) is 31.2 Å². The quantitative estimate of drug-likeness (QED) is 0.740. The molecule has 0 radical (unpaired) electrons. The van der Waals surface area contributed by atoms with E-state index in [4.69, 9.17) is 4.74 Å². The second-order valence-electron chi connectivity index (χ2n) is 6.22. The van der Waals surface area contributed by atoms with Crippen molar-refractivity contribution in [3.63, 3.8) is 0 Å². The van der Waals surface area contributed by atoms with Crippen molar-refractivity contribution < 1.29 is 13.9 Å². The molecule has 7 heteroatoms. The lowest BCUT2D eigenvalue weighted by molar-refractivity contribution is -0.113. The van der Waals surface area contributed by atoms with Gasteiger partial charge in [-0.25, -0.2) is 9.07 Å². The van der Waals surface area contributed by atoms with Crippen LogP contribution in [-0.4, -0.2) is 28.6 Å². The molecule has 0 aliphatic carbocycles. The zero-order chi connectivity index (χ0) is 19.0. The molecule has 1 amide bonds. The van der Waals surface area contributed by atoms with E-state index >= 15 is 0 Å². The van der Waals surface area contributed by atoms with Crippen molar-refractivity contribution in [3.8, 4) is 11.4 Å². The van der Waals surface area contributed by atoms with Crippen LogP contribution in [0.3, 0.4) is 0 Å². The minimum atomic E-state index is -0.319. The number of aromatic nitrogens is 2. The van der Waals surface area contributed by atoms with Gasteiger partial charge in [0.15, 0.2) is 0 Å². The van der Waals surface area contributed by atoms with Crippen LogP contribution in [0.1, 0.15) is 22.1 Å². The van der Waals surface area contributed by atoms with E-state index in [0.717, 1.165) is 22.6 Å². The maximum atomic E-state index is 13.3. The number of nitrogens with one attached hydrogen (secondary N) is 1. The molecule has 0 fully saturated rings. The number of fused-ring (bicyclic) bond motifs is 1. The van der Waals surface area contributed by atoms with E-state index in [2.05, 4.69) is 10.4 Å². The van der Waals surface area contributed by atoms with Crippen molar-refractivity contribution in [3.05, 3.63) is 71.2 Å². The van der Waals surface area contributed by atoms with Crippen molar-refractivity contribution in [1.29, 1.82) is 0 Å². The maximum Gasteiger partial charge on any atom is 0.235 e. The Bertz CT molecular complexity index is 1000. The molecule has 0 spiro atoms. The third-order valence-corrected chi connectivity index (χ3v) is 5.75. The van der Waals surface area contributed by atoms with Gasteiger partial charge in [0.1, 0.15) is 17.4 Å². The van der Waals surface area contributed by atoms with Crippen molar-refractivity contribution in [2.75, 3.05) is 18.2 Å². The number of halogens is 1. The SMILES string of the molecule is COc1ccccc1[C@@H]1SCC(=O)Nc2c1c(C)nn2-c1ccc(F)cc1. The average molecular weight is 383 g/mol. The van der Waals surface area contributed by atoms with E-state index in [-0.39, 0.29) is 17.0 Å². The number of hydrogen-bond donors (Lipinski definition) is 1. The Morgan fingerprint density at radius 3 is 2.70 bits per heavy atom. The lowest BCUT2D eigenvalue weighted by Crippen LogP contribution is -2.15.